The first-order valence-corrected chi connectivity index (χ1v) is 6.87. The molecular weight excluding hydrogens is 332 g/mol. The van der Waals surface area contributed by atoms with Crippen molar-refractivity contribution in [3.05, 3.63) is 32.8 Å². The van der Waals surface area contributed by atoms with Gasteiger partial charge in [0.05, 0.1) is 17.7 Å². The zero-order valence-corrected chi connectivity index (χ0v) is 13.4. The maximum atomic E-state index is 11.8. The van der Waals surface area contributed by atoms with Crippen molar-refractivity contribution in [3.63, 3.8) is 0 Å². The van der Waals surface area contributed by atoms with E-state index in [4.69, 9.17) is 28.6 Å². The van der Waals surface area contributed by atoms with Gasteiger partial charge in [-0.25, -0.2) is 0 Å². The molecule has 0 radical (unpaired) electrons. The van der Waals surface area contributed by atoms with Crippen molar-refractivity contribution < 1.29 is 14.8 Å². The third-order valence-corrected chi connectivity index (χ3v) is 2.85. The highest BCUT2D eigenvalue weighted by Gasteiger charge is 2.11. The van der Waals surface area contributed by atoms with Crippen LogP contribution in [0.5, 0.6) is 5.75 Å². The lowest BCUT2D eigenvalue weighted by Crippen LogP contribution is -2.40. The van der Waals surface area contributed by atoms with Crippen LogP contribution in [0.2, 0.25) is 5.02 Å². The van der Waals surface area contributed by atoms with Gasteiger partial charge in [-0.2, -0.15) is 5.10 Å². The minimum absolute atomic E-state index is 0.0144. The maximum Gasteiger partial charge on any atom is 0.263 e. The molecule has 0 aliphatic carbocycles. The predicted molar refractivity (Wildman–Crippen MR) is 85.4 cm³/mol. The number of halogens is 1. The molecule has 0 saturated carbocycles. The highest BCUT2D eigenvalue weighted by Crippen LogP contribution is 2.29. The van der Waals surface area contributed by atoms with Gasteiger partial charge in [-0.3, -0.25) is 15.5 Å². The first-order chi connectivity index (χ1) is 10.3. The lowest BCUT2D eigenvalue weighted by atomic mass is 10.2. The van der Waals surface area contributed by atoms with Gasteiger partial charge in [0.25, 0.3) is 5.69 Å². The number of hydrogen-bond donors (Lipinski definition) is 2. The van der Waals surface area contributed by atoms with E-state index >= 15 is 0 Å². The second-order valence-electron chi connectivity index (χ2n) is 4.30. The molecule has 0 fully saturated rings. The number of hydrogen-bond acceptors (Lipinski definition) is 6. The molecule has 0 aromatic heterocycles. The van der Waals surface area contributed by atoms with Crippen LogP contribution in [0.25, 0.3) is 0 Å². The topological polar surface area (TPSA) is 112 Å². The van der Waals surface area contributed by atoms with Crippen LogP contribution in [-0.2, 0) is 4.74 Å². The molecule has 0 spiro atoms. The van der Waals surface area contributed by atoms with Crippen LogP contribution in [-0.4, -0.2) is 36.0 Å². The average molecular weight is 346 g/mol. The van der Waals surface area contributed by atoms with Crippen molar-refractivity contribution >= 4 is 40.8 Å². The average Bonchev–Trinajstić information content (AvgIpc) is 2.42. The molecule has 0 saturated heterocycles. The van der Waals surface area contributed by atoms with Gasteiger partial charge in [-0.1, -0.05) is 11.6 Å². The molecule has 1 aromatic carbocycles. The number of ether oxygens (including phenoxy) is 1. The Morgan fingerprint density at radius 2 is 2.32 bits per heavy atom. The Bertz CT molecular complexity index is 597. The van der Waals surface area contributed by atoms with Crippen molar-refractivity contribution in [2.45, 2.75) is 13.0 Å². The molecule has 0 unspecified atom stereocenters. The Kier molecular flexibility index (Phi) is 6.96. The molecule has 120 valence electrons. The fraction of sp³-hybridized carbons (Fsp3) is 0.333. The normalized spacial score (nSPS) is 12.1. The van der Waals surface area contributed by atoms with Gasteiger partial charge in [-0.15, -0.1) is 0 Å². The van der Waals surface area contributed by atoms with Crippen molar-refractivity contribution in [2.24, 2.45) is 5.10 Å². The van der Waals surface area contributed by atoms with Crippen LogP contribution in [0.3, 0.4) is 0 Å². The van der Waals surface area contributed by atoms with E-state index in [9.17, 15) is 15.2 Å². The minimum atomic E-state index is -0.794. The van der Waals surface area contributed by atoms with Crippen molar-refractivity contribution in [1.29, 1.82) is 0 Å². The van der Waals surface area contributed by atoms with Crippen molar-refractivity contribution in [3.8, 4) is 5.75 Å². The number of hydrazone groups is 1. The molecule has 1 rings (SSSR count). The highest BCUT2D eigenvalue weighted by atomic mass is 35.5. The summed E-state index contributed by atoms with van der Waals surface area (Å²) < 4.78 is 4.93. The lowest BCUT2D eigenvalue weighted by molar-refractivity contribution is -0.398. The first-order valence-electron chi connectivity index (χ1n) is 6.08. The van der Waals surface area contributed by atoms with E-state index in [-0.39, 0.29) is 21.7 Å². The summed E-state index contributed by atoms with van der Waals surface area (Å²) in [5, 5.41) is 29.5. The quantitative estimate of drug-likeness (QED) is 0.344. The Balaban J connectivity index is 2.75. The van der Waals surface area contributed by atoms with E-state index in [1.807, 2.05) is 6.92 Å². The summed E-state index contributed by atoms with van der Waals surface area (Å²) >= 11 is 10.7. The Morgan fingerprint density at radius 1 is 1.64 bits per heavy atom. The minimum Gasteiger partial charge on any atom is -0.867 e. The molecule has 1 aromatic rings. The van der Waals surface area contributed by atoms with E-state index in [2.05, 4.69) is 15.8 Å². The summed E-state index contributed by atoms with van der Waals surface area (Å²) in [6.45, 7) is 2.31. The van der Waals surface area contributed by atoms with Crippen molar-refractivity contribution in [1.82, 2.24) is 10.7 Å². The van der Waals surface area contributed by atoms with Gasteiger partial charge in [0.2, 0.25) is 0 Å². The summed E-state index contributed by atoms with van der Waals surface area (Å²) in [7, 11) is 1.56. The van der Waals surface area contributed by atoms with Gasteiger partial charge in [0, 0.05) is 24.2 Å². The summed E-state index contributed by atoms with van der Waals surface area (Å²) in [6.07, 6.45) is 1.12. The highest BCUT2D eigenvalue weighted by molar-refractivity contribution is 7.80. The van der Waals surface area contributed by atoms with E-state index in [1.54, 1.807) is 7.11 Å². The van der Waals surface area contributed by atoms with Gasteiger partial charge < -0.3 is 15.2 Å². The monoisotopic (exact) mass is 345 g/mol. The molecule has 0 aliphatic rings. The third-order valence-electron chi connectivity index (χ3n) is 2.42. The predicted octanol–water partition coefficient (Wildman–Crippen LogP) is 1.15. The van der Waals surface area contributed by atoms with Crippen LogP contribution < -0.4 is 15.8 Å². The molecule has 0 amide bonds. The van der Waals surface area contributed by atoms with Crippen LogP contribution in [0.4, 0.5) is 5.69 Å². The molecule has 22 heavy (non-hydrogen) atoms. The molecule has 8 nitrogen and oxygen atoms in total. The lowest BCUT2D eigenvalue weighted by Gasteiger charge is -2.14. The smallest absolute Gasteiger partial charge is 0.263 e. The van der Waals surface area contributed by atoms with E-state index in [0.29, 0.717) is 6.61 Å². The Morgan fingerprint density at radius 3 is 2.91 bits per heavy atom. The summed E-state index contributed by atoms with van der Waals surface area (Å²) in [5.41, 5.74) is 1.88. The summed E-state index contributed by atoms with van der Waals surface area (Å²) in [6, 6.07) is 2.25. The number of rotatable bonds is 6. The number of methoxy groups -OCH3 is 1. The SMILES string of the molecule is COC[C@H](C)NC(=S)N/N=C\c1cc(Cl)cc([N+](=O)[O-])c1[O-]. The molecule has 0 heterocycles. The van der Waals surface area contributed by atoms with Crippen LogP contribution >= 0.6 is 23.8 Å². The number of nitro groups is 1. The number of benzene rings is 1. The maximum absolute atomic E-state index is 11.8. The third kappa shape index (κ3) is 5.43. The van der Waals surface area contributed by atoms with E-state index in [0.717, 1.165) is 12.3 Å². The van der Waals surface area contributed by atoms with Crippen LogP contribution in [0.15, 0.2) is 17.2 Å². The summed E-state index contributed by atoms with van der Waals surface area (Å²) in [4.78, 5) is 9.94. The van der Waals surface area contributed by atoms with Gasteiger partial charge in [-0.05, 0) is 36.5 Å². The number of nitrogens with one attached hydrogen (secondary N) is 2. The van der Waals surface area contributed by atoms with Crippen LogP contribution in [0.1, 0.15) is 12.5 Å². The first kappa shape index (κ1) is 18.1. The Labute approximate surface area is 137 Å². The van der Waals surface area contributed by atoms with Gasteiger partial charge in [0.1, 0.15) is 0 Å². The second-order valence-corrected chi connectivity index (χ2v) is 5.14. The molecule has 1 atom stereocenters. The number of nitro benzene ring substituents is 1. The molecule has 2 N–H and O–H groups in total. The number of thiocarbonyl (C=S) groups is 1. The fourth-order valence-electron chi connectivity index (χ4n) is 1.54. The largest absolute Gasteiger partial charge is 0.867 e. The standard InChI is InChI=1S/C12H15ClN4O4S/c1-7(6-21-2)15-12(22)16-14-5-8-3-9(13)4-10(11(8)18)17(19)20/h3-5,7,18H,6H2,1-2H3,(H2,15,16,22)/p-1/b14-5-/t7-/m0/s1. The summed E-state index contributed by atoms with van der Waals surface area (Å²) in [5.74, 6) is -0.772. The van der Waals surface area contributed by atoms with Gasteiger partial charge >= 0.3 is 0 Å². The molecular formula is C12H14ClN4O4S-. The second kappa shape index (κ2) is 8.47. The van der Waals surface area contributed by atoms with E-state index < -0.39 is 16.4 Å². The molecule has 0 bridgehead atoms. The van der Waals surface area contributed by atoms with Crippen LogP contribution in [0, 0.1) is 10.1 Å². The number of nitrogens with zero attached hydrogens (tertiary/aromatic N) is 2. The van der Waals surface area contributed by atoms with Crippen molar-refractivity contribution in [2.75, 3.05) is 13.7 Å². The molecule has 10 heteroatoms. The zero-order chi connectivity index (χ0) is 16.7. The zero-order valence-electron chi connectivity index (χ0n) is 11.8. The Hall–Kier alpha value is -1.97. The van der Waals surface area contributed by atoms with E-state index in [1.165, 1.54) is 6.07 Å². The fourth-order valence-corrected chi connectivity index (χ4v) is 2.01. The molecule has 0 aliphatic heterocycles. The van der Waals surface area contributed by atoms with Gasteiger partial charge in [0.15, 0.2) is 5.11 Å².